The Morgan fingerprint density at radius 2 is 2.00 bits per heavy atom. The molecule has 0 rings (SSSR count). The van der Waals surface area contributed by atoms with Crippen LogP contribution in [0.2, 0.25) is 0 Å². The van der Waals surface area contributed by atoms with Gasteiger partial charge >= 0.3 is 0 Å². The highest BCUT2D eigenvalue weighted by atomic mass is 32.2. The van der Waals surface area contributed by atoms with Crippen LogP contribution in [0.5, 0.6) is 0 Å². The average Bonchev–Trinajstić information content (AvgIpc) is 2.11. The maximum Gasteiger partial charge on any atom is 0.232 e. The molecule has 0 fully saturated rings. The summed E-state index contributed by atoms with van der Waals surface area (Å²) in [4.78, 5) is 13.2. The van der Waals surface area contributed by atoms with Gasteiger partial charge in [-0.3, -0.25) is 4.79 Å². The van der Waals surface area contributed by atoms with Crippen molar-refractivity contribution in [1.82, 2.24) is 4.90 Å². The van der Waals surface area contributed by atoms with E-state index in [4.69, 9.17) is 5.73 Å². The highest BCUT2D eigenvalue weighted by molar-refractivity contribution is 8.00. The molecule has 0 saturated heterocycles. The summed E-state index contributed by atoms with van der Waals surface area (Å²) in [7, 11) is 1.83. The van der Waals surface area contributed by atoms with Gasteiger partial charge in [-0.25, -0.2) is 0 Å². The fraction of sp³-hybridized carbons (Fsp3) is 0.889. The summed E-state index contributed by atoms with van der Waals surface area (Å²) in [5.41, 5.74) is 5.45. The number of hydrogen-bond acceptors (Lipinski definition) is 3. The molecule has 78 valence electrons. The fourth-order valence-corrected chi connectivity index (χ4v) is 1.44. The van der Waals surface area contributed by atoms with Crippen LogP contribution in [-0.4, -0.2) is 41.4 Å². The smallest absolute Gasteiger partial charge is 0.232 e. The van der Waals surface area contributed by atoms with E-state index in [2.05, 4.69) is 0 Å². The van der Waals surface area contributed by atoms with E-state index >= 15 is 0 Å². The quantitative estimate of drug-likeness (QED) is 0.725. The molecule has 0 spiro atoms. The first-order chi connectivity index (χ1) is 5.99. The van der Waals surface area contributed by atoms with Gasteiger partial charge in [-0.2, -0.15) is 0 Å². The molecule has 4 heteroatoms. The average molecular weight is 204 g/mol. The van der Waals surface area contributed by atoms with Crippen molar-refractivity contribution in [1.29, 1.82) is 0 Å². The van der Waals surface area contributed by atoms with Crippen LogP contribution >= 0.6 is 11.8 Å². The Kier molecular flexibility index (Phi) is 6.16. The molecule has 1 unspecified atom stereocenters. The van der Waals surface area contributed by atoms with Gasteiger partial charge in [0.05, 0.1) is 5.75 Å². The third-order valence-electron chi connectivity index (χ3n) is 1.99. The number of nitrogens with two attached hydrogens (primary N) is 1. The topological polar surface area (TPSA) is 46.3 Å². The first-order valence-corrected chi connectivity index (χ1v) is 5.61. The molecule has 0 saturated carbocycles. The van der Waals surface area contributed by atoms with Gasteiger partial charge in [0.15, 0.2) is 0 Å². The van der Waals surface area contributed by atoms with Crippen molar-refractivity contribution in [2.45, 2.75) is 32.1 Å². The third-order valence-corrected chi connectivity index (χ3v) is 3.17. The zero-order valence-electron chi connectivity index (χ0n) is 8.91. The first kappa shape index (κ1) is 12.8. The van der Waals surface area contributed by atoms with Crippen molar-refractivity contribution in [2.24, 2.45) is 5.73 Å². The van der Waals surface area contributed by atoms with Gasteiger partial charge in [-0.1, -0.05) is 6.92 Å². The number of carbonyl (C=O) groups is 1. The molecule has 0 aliphatic rings. The van der Waals surface area contributed by atoms with Gasteiger partial charge in [0.25, 0.3) is 0 Å². The minimum absolute atomic E-state index is 0.181. The lowest BCUT2D eigenvalue weighted by Crippen LogP contribution is -2.34. The van der Waals surface area contributed by atoms with Gasteiger partial charge in [-0.05, 0) is 13.8 Å². The molecular formula is C9H20N2OS. The molecule has 0 heterocycles. The van der Waals surface area contributed by atoms with Crippen molar-refractivity contribution in [3.8, 4) is 0 Å². The van der Waals surface area contributed by atoms with Crippen molar-refractivity contribution in [3.05, 3.63) is 0 Å². The van der Waals surface area contributed by atoms with Gasteiger partial charge in [0.2, 0.25) is 5.91 Å². The minimum atomic E-state index is 0.181. The predicted octanol–water partition coefficient (Wildman–Crippen LogP) is 0.934. The first-order valence-electron chi connectivity index (χ1n) is 4.56. The van der Waals surface area contributed by atoms with Crippen molar-refractivity contribution in [2.75, 3.05) is 19.3 Å². The van der Waals surface area contributed by atoms with Crippen molar-refractivity contribution < 1.29 is 4.79 Å². The maximum atomic E-state index is 11.5. The number of hydrogen-bond donors (Lipinski definition) is 1. The second kappa shape index (κ2) is 6.27. The molecule has 0 aromatic rings. The van der Waals surface area contributed by atoms with E-state index in [0.29, 0.717) is 17.5 Å². The van der Waals surface area contributed by atoms with Gasteiger partial charge in [-0.15, -0.1) is 11.8 Å². The Bertz CT molecular complexity index is 162. The van der Waals surface area contributed by atoms with E-state index < -0.39 is 0 Å². The lowest BCUT2D eigenvalue weighted by molar-refractivity contribution is -0.128. The normalized spacial score (nSPS) is 13.1. The number of carbonyl (C=O) groups excluding carboxylic acids is 1. The molecular weight excluding hydrogens is 184 g/mol. The molecule has 0 aromatic heterocycles. The molecule has 2 N–H and O–H groups in total. The molecule has 3 nitrogen and oxygen atoms in total. The zero-order valence-corrected chi connectivity index (χ0v) is 9.73. The molecule has 0 aliphatic heterocycles. The number of rotatable bonds is 5. The summed E-state index contributed by atoms with van der Waals surface area (Å²) in [5.74, 6) is 0.716. The largest absolute Gasteiger partial charge is 0.343 e. The Morgan fingerprint density at radius 1 is 1.46 bits per heavy atom. The highest BCUT2D eigenvalue weighted by Crippen LogP contribution is 2.10. The van der Waals surface area contributed by atoms with E-state index in [1.165, 1.54) is 0 Å². The maximum absolute atomic E-state index is 11.5. The van der Waals surface area contributed by atoms with Crippen LogP contribution in [0.3, 0.4) is 0 Å². The van der Waals surface area contributed by atoms with Crippen LogP contribution in [0.1, 0.15) is 20.8 Å². The summed E-state index contributed by atoms with van der Waals surface area (Å²) < 4.78 is 0. The van der Waals surface area contributed by atoms with Crippen molar-refractivity contribution in [3.63, 3.8) is 0 Å². The van der Waals surface area contributed by atoms with Crippen LogP contribution in [0.25, 0.3) is 0 Å². The summed E-state index contributed by atoms with van der Waals surface area (Å²) in [6, 6.07) is 0.279. The van der Waals surface area contributed by atoms with E-state index in [-0.39, 0.29) is 11.9 Å². The second-order valence-corrected chi connectivity index (χ2v) is 4.88. The zero-order chi connectivity index (χ0) is 10.4. The van der Waals surface area contributed by atoms with Crippen LogP contribution < -0.4 is 5.73 Å². The van der Waals surface area contributed by atoms with E-state index in [0.717, 1.165) is 0 Å². The summed E-state index contributed by atoms with van der Waals surface area (Å²) in [6.45, 7) is 6.68. The molecule has 0 bridgehead atoms. The Hall–Kier alpha value is -0.220. The van der Waals surface area contributed by atoms with Gasteiger partial charge in [0, 0.05) is 24.9 Å². The Labute approximate surface area is 85.0 Å². The van der Waals surface area contributed by atoms with Crippen molar-refractivity contribution >= 4 is 17.7 Å². The number of amides is 1. The van der Waals surface area contributed by atoms with Crippen LogP contribution in [-0.2, 0) is 4.79 Å². The van der Waals surface area contributed by atoms with Crippen LogP contribution in [0.15, 0.2) is 0 Å². The minimum Gasteiger partial charge on any atom is -0.343 e. The van der Waals surface area contributed by atoms with E-state index in [1.807, 2.05) is 27.8 Å². The summed E-state index contributed by atoms with van der Waals surface area (Å²) in [6.07, 6.45) is 0. The van der Waals surface area contributed by atoms with Crippen LogP contribution in [0, 0.1) is 0 Å². The monoisotopic (exact) mass is 204 g/mol. The van der Waals surface area contributed by atoms with Crippen LogP contribution in [0.4, 0.5) is 0 Å². The van der Waals surface area contributed by atoms with E-state index in [9.17, 15) is 4.79 Å². The van der Waals surface area contributed by atoms with E-state index in [1.54, 1.807) is 16.7 Å². The van der Waals surface area contributed by atoms with Gasteiger partial charge in [0.1, 0.15) is 0 Å². The SMILES string of the molecule is CC(CN)SCC(=O)N(C)C(C)C. The fourth-order valence-electron chi connectivity index (χ4n) is 0.671. The molecule has 0 aliphatic carbocycles. The number of nitrogens with zero attached hydrogens (tertiary/aromatic N) is 1. The lowest BCUT2D eigenvalue weighted by atomic mass is 10.3. The number of thioether (sulfide) groups is 1. The molecule has 1 atom stereocenters. The third kappa shape index (κ3) is 5.16. The second-order valence-electron chi connectivity index (χ2n) is 3.46. The summed E-state index contributed by atoms with van der Waals surface area (Å²) >= 11 is 1.61. The standard InChI is InChI=1S/C9H20N2OS/c1-7(2)11(4)9(12)6-13-8(3)5-10/h7-8H,5-6,10H2,1-4H3. The molecule has 0 aromatic carbocycles. The predicted molar refractivity (Wildman–Crippen MR) is 58.9 cm³/mol. The highest BCUT2D eigenvalue weighted by Gasteiger charge is 2.12. The van der Waals surface area contributed by atoms with Gasteiger partial charge < -0.3 is 10.6 Å². The molecule has 13 heavy (non-hydrogen) atoms. The summed E-state index contributed by atoms with van der Waals surface area (Å²) in [5, 5.41) is 0.365. The Balaban J connectivity index is 3.74. The molecule has 0 radical (unpaired) electrons. The molecule has 1 amide bonds. The Morgan fingerprint density at radius 3 is 2.38 bits per heavy atom. The lowest BCUT2D eigenvalue weighted by Gasteiger charge is -2.21.